The summed E-state index contributed by atoms with van der Waals surface area (Å²) in [6, 6.07) is 14.8. The van der Waals surface area contributed by atoms with Crippen molar-refractivity contribution in [2.24, 2.45) is 0 Å². The molecule has 0 aliphatic carbocycles. The van der Waals surface area contributed by atoms with Gasteiger partial charge in [-0.2, -0.15) is 0 Å². The van der Waals surface area contributed by atoms with Crippen LogP contribution in [0.5, 0.6) is 11.5 Å². The molecule has 2 heterocycles. The van der Waals surface area contributed by atoms with E-state index in [2.05, 4.69) is 4.98 Å². The largest absolute Gasteiger partial charge is 0.507 e. The van der Waals surface area contributed by atoms with Gasteiger partial charge in [0.15, 0.2) is 0 Å². The molecule has 34 heavy (non-hydrogen) atoms. The number of aliphatic hydroxyl groups is 1. The summed E-state index contributed by atoms with van der Waals surface area (Å²) in [5.74, 6) is -0.611. The quantitative estimate of drug-likeness (QED) is 0.310. The number of rotatable bonds is 7. The topological polar surface area (TPSA) is 89.0 Å². The molecular formula is C27H26N2O5. The molecule has 1 fully saturated rings. The van der Waals surface area contributed by atoms with Gasteiger partial charge in [0.1, 0.15) is 17.3 Å². The molecule has 0 bridgehead atoms. The fourth-order valence-electron chi connectivity index (χ4n) is 4.10. The van der Waals surface area contributed by atoms with Gasteiger partial charge < -0.3 is 14.6 Å². The molecule has 1 unspecified atom stereocenters. The van der Waals surface area contributed by atoms with Crippen molar-refractivity contribution < 1.29 is 24.2 Å². The Kier molecular flexibility index (Phi) is 6.63. The molecule has 1 saturated heterocycles. The second-order valence-corrected chi connectivity index (χ2v) is 7.95. The molecule has 2 aromatic carbocycles. The van der Waals surface area contributed by atoms with Crippen molar-refractivity contribution in [2.45, 2.75) is 26.3 Å². The Balaban J connectivity index is 1.89. The van der Waals surface area contributed by atoms with Crippen molar-refractivity contribution in [2.75, 3.05) is 18.6 Å². The first-order chi connectivity index (χ1) is 16.5. The van der Waals surface area contributed by atoms with E-state index in [0.717, 1.165) is 12.0 Å². The third kappa shape index (κ3) is 4.12. The Labute approximate surface area is 198 Å². The third-order valence-electron chi connectivity index (χ3n) is 5.72. The minimum Gasteiger partial charge on any atom is -0.507 e. The molecule has 0 radical (unpaired) electrons. The molecule has 3 aromatic rings. The third-order valence-corrected chi connectivity index (χ3v) is 5.72. The minimum atomic E-state index is -0.851. The summed E-state index contributed by atoms with van der Waals surface area (Å²) in [5.41, 5.74) is 2.33. The number of amides is 1. The van der Waals surface area contributed by atoms with Gasteiger partial charge in [0.25, 0.3) is 11.7 Å². The van der Waals surface area contributed by atoms with Crippen LogP contribution in [0.1, 0.15) is 36.1 Å². The lowest BCUT2D eigenvalue weighted by molar-refractivity contribution is -0.132. The number of ether oxygens (including phenoxy) is 2. The molecule has 0 saturated carbocycles. The first-order valence-corrected chi connectivity index (χ1v) is 11.1. The number of aromatic nitrogens is 1. The van der Waals surface area contributed by atoms with Crippen molar-refractivity contribution in [3.8, 4) is 11.5 Å². The van der Waals surface area contributed by atoms with Crippen molar-refractivity contribution in [3.63, 3.8) is 0 Å². The maximum atomic E-state index is 13.3. The molecular weight excluding hydrogens is 432 g/mol. The van der Waals surface area contributed by atoms with Gasteiger partial charge in [-0.3, -0.25) is 19.5 Å². The van der Waals surface area contributed by atoms with Gasteiger partial charge >= 0.3 is 0 Å². The van der Waals surface area contributed by atoms with Crippen LogP contribution in [0.2, 0.25) is 0 Å². The van der Waals surface area contributed by atoms with E-state index in [1.807, 2.05) is 13.8 Å². The molecule has 4 rings (SSSR count). The number of hydrogen-bond donors (Lipinski definition) is 1. The van der Waals surface area contributed by atoms with Gasteiger partial charge in [-0.15, -0.1) is 0 Å². The lowest BCUT2D eigenvalue weighted by atomic mass is 9.95. The van der Waals surface area contributed by atoms with Crippen molar-refractivity contribution in [3.05, 3.63) is 89.3 Å². The number of aryl methyl sites for hydroxylation is 1. The average Bonchev–Trinajstić information content (AvgIpc) is 3.13. The molecule has 1 atom stereocenters. The summed E-state index contributed by atoms with van der Waals surface area (Å²) in [6.45, 7) is 4.48. The van der Waals surface area contributed by atoms with Crippen molar-refractivity contribution in [1.29, 1.82) is 0 Å². The number of anilines is 1. The summed E-state index contributed by atoms with van der Waals surface area (Å²) in [7, 11) is 1.50. The second kappa shape index (κ2) is 9.79. The van der Waals surface area contributed by atoms with Crippen LogP contribution in [0.3, 0.4) is 0 Å². The predicted molar refractivity (Wildman–Crippen MR) is 129 cm³/mol. The maximum absolute atomic E-state index is 13.3. The molecule has 1 aliphatic rings. The zero-order chi connectivity index (χ0) is 24.2. The normalized spacial score (nSPS) is 17.1. The number of para-hydroxylation sites is 2. The fourth-order valence-corrected chi connectivity index (χ4v) is 4.10. The lowest BCUT2D eigenvalue weighted by Crippen LogP contribution is -2.29. The van der Waals surface area contributed by atoms with E-state index in [9.17, 15) is 14.7 Å². The minimum absolute atomic E-state index is 0.00346. The molecule has 7 heteroatoms. The van der Waals surface area contributed by atoms with Gasteiger partial charge in [0.05, 0.1) is 31.0 Å². The van der Waals surface area contributed by atoms with Gasteiger partial charge in [-0.1, -0.05) is 19.1 Å². The Hall–Kier alpha value is -4.13. The first-order valence-electron chi connectivity index (χ1n) is 11.1. The van der Waals surface area contributed by atoms with Crippen LogP contribution in [-0.2, 0) is 9.59 Å². The smallest absolute Gasteiger partial charge is 0.300 e. The molecule has 1 aromatic heterocycles. The number of hydrogen-bond acceptors (Lipinski definition) is 6. The van der Waals surface area contributed by atoms with Crippen molar-refractivity contribution >= 4 is 23.1 Å². The molecule has 1 N–H and O–H groups in total. The molecule has 7 nitrogen and oxygen atoms in total. The number of carbonyl (C=O) groups excluding carboxylic acids is 2. The van der Waals surface area contributed by atoms with E-state index in [4.69, 9.17) is 9.47 Å². The standard InChI is InChI=1S/C27H26N2O5/c1-4-15-34-21-10-9-19(16-17(21)2)25(30)23-24(18-11-13-28-14-12-18)29(27(32)26(23)31)20-7-5-6-8-22(20)33-3/h5-14,16,24,30H,4,15H2,1-3H3/b25-23-. The Bertz CT molecular complexity index is 1250. The number of nitrogens with zero attached hydrogens (tertiary/aromatic N) is 2. The van der Waals surface area contributed by atoms with Gasteiger partial charge in [-0.25, -0.2) is 0 Å². The number of methoxy groups -OCH3 is 1. The highest BCUT2D eigenvalue weighted by molar-refractivity contribution is 6.51. The first kappa shape index (κ1) is 23.0. The van der Waals surface area contributed by atoms with Crippen LogP contribution in [0.25, 0.3) is 5.76 Å². The van der Waals surface area contributed by atoms with Gasteiger partial charge in [0.2, 0.25) is 0 Å². The summed E-state index contributed by atoms with van der Waals surface area (Å²) < 4.78 is 11.2. The number of benzene rings is 2. The zero-order valence-electron chi connectivity index (χ0n) is 19.3. The van der Waals surface area contributed by atoms with E-state index in [0.29, 0.717) is 34.9 Å². The number of carbonyl (C=O) groups is 2. The highest BCUT2D eigenvalue weighted by Crippen LogP contribution is 2.44. The Morgan fingerprint density at radius 1 is 1.06 bits per heavy atom. The van der Waals surface area contributed by atoms with E-state index >= 15 is 0 Å². The van der Waals surface area contributed by atoms with Crippen LogP contribution < -0.4 is 14.4 Å². The van der Waals surface area contributed by atoms with Crippen LogP contribution in [-0.4, -0.2) is 35.5 Å². The van der Waals surface area contributed by atoms with Gasteiger partial charge in [-0.05, 0) is 66.9 Å². The summed E-state index contributed by atoms with van der Waals surface area (Å²) in [4.78, 5) is 32.0. The zero-order valence-corrected chi connectivity index (χ0v) is 19.3. The molecule has 1 aliphatic heterocycles. The monoisotopic (exact) mass is 458 g/mol. The summed E-state index contributed by atoms with van der Waals surface area (Å²) >= 11 is 0. The van der Waals surface area contributed by atoms with Crippen LogP contribution >= 0.6 is 0 Å². The number of pyridine rings is 1. The molecule has 174 valence electrons. The van der Waals surface area contributed by atoms with E-state index in [-0.39, 0.29) is 11.3 Å². The van der Waals surface area contributed by atoms with Gasteiger partial charge in [0, 0.05) is 18.0 Å². The average molecular weight is 459 g/mol. The lowest BCUT2D eigenvalue weighted by Gasteiger charge is -2.26. The fraction of sp³-hybridized carbons (Fsp3) is 0.222. The van der Waals surface area contributed by atoms with Crippen molar-refractivity contribution in [1.82, 2.24) is 4.98 Å². The number of Topliss-reactive ketones (excluding diaryl/α,β-unsaturated/α-hetero) is 1. The Morgan fingerprint density at radius 2 is 1.79 bits per heavy atom. The molecule has 0 spiro atoms. The van der Waals surface area contributed by atoms with Crippen LogP contribution in [0.15, 0.2) is 72.6 Å². The summed E-state index contributed by atoms with van der Waals surface area (Å²) in [6.07, 6.45) is 4.04. The Morgan fingerprint density at radius 3 is 2.47 bits per heavy atom. The predicted octanol–water partition coefficient (Wildman–Crippen LogP) is 4.81. The SMILES string of the molecule is CCCOc1ccc(/C(O)=C2/C(=O)C(=O)N(c3ccccc3OC)C2c2ccncc2)cc1C. The molecule has 1 amide bonds. The highest BCUT2D eigenvalue weighted by atomic mass is 16.5. The second-order valence-electron chi connectivity index (χ2n) is 7.95. The van der Waals surface area contributed by atoms with E-state index < -0.39 is 17.7 Å². The number of aliphatic hydroxyl groups excluding tert-OH is 1. The van der Waals surface area contributed by atoms with Crippen LogP contribution in [0, 0.1) is 6.92 Å². The number of ketones is 1. The maximum Gasteiger partial charge on any atom is 0.300 e. The highest BCUT2D eigenvalue weighted by Gasteiger charge is 2.47. The van der Waals surface area contributed by atoms with E-state index in [1.54, 1.807) is 67.0 Å². The summed E-state index contributed by atoms with van der Waals surface area (Å²) in [5, 5.41) is 11.3. The van der Waals surface area contributed by atoms with Crippen LogP contribution in [0.4, 0.5) is 5.69 Å². The van der Waals surface area contributed by atoms with E-state index in [1.165, 1.54) is 12.0 Å².